The summed E-state index contributed by atoms with van der Waals surface area (Å²) in [5.41, 5.74) is 2.26. The van der Waals surface area contributed by atoms with Gasteiger partial charge in [-0.2, -0.15) is 4.98 Å². The number of nitrogens with two attached hydrogens (primary N) is 1. The molecular weight excluding hydrogens is 248 g/mol. The highest BCUT2D eigenvalue weighted by Gasteiger charge is 2.35. The van der Waals surface area contributed by atoms with E-state index in [1.165, 1.54) is 6.20 Å². The number of hydrogen-bond acceptors (Lipinski definition) is 7. The van der Waals surface area contributed by atoms with Crippen LogP contribution in [0.1, 0.15) is 33.1 Å². The van der Waals surface area contributed by atoms with Gasteiger partial charge in [0.15, 0.2) is 0 Å². The molecule has 8 heteroatoms. The zero-order valence-electron chi connectivity index (χ0n) is 11.0. The van der Waals surface area contributed by atoms with Crippen LogP contribution >= 0.6 is 0 Å². The third kappa shape index (κ3) is 2.43. The Balaban J connectivity index is 2.48. The van der Waals surface area contributed by atoms with Crippen molar-refractivity contribution in [1.82, 2.24) is 9.97 Å². The van der Waals surface area contributed by atoms with Gasteiger partial charge in [0.05, 0.1) is 4.92 Å². The zero-order valence-corrected chi connectivity index (χ0v) is 11.0. The van der Waals surface area contributed by atoms with Gasteiger partial charge >= 0.3 is 5.69 Å². The summed E-state index contributed by atoms with van der Waals surface area (Å²) >= 11 is 0. The van der Waals surface area contributed by atoms with Crippen molar-refractivity contribution in [2.75, 3.05) is 10.3 Å². The van der Waals surface area contributed by atoms with Crippen LogP contribution in [-0.2, 0) is 0 Å². The van der Waals surface area contributed by atoms with E-state index in [4.69, 9.17) is 5.84 Å². The van der Waals surface area contributed by atoms with Crippen LogP contribution in [0.15, 0.2) is 6.20 Å². The highest BCUT2D eigenvalue weighted by atomic mass is 16.6. The molecule has 0 radical (unpaired) electrons. The maximum absolute atomic E-state index is 11.1. The monoisotopic (exact) mass is 266 g/mol. The van der Waals surface area contributed by atoms with E-state index in [0.29, 0.717) is 5.82 Å². The van der Waals surface area contributed by atoms with Gasteiger partial charge in [-0.1, -0.05) is 6.92 Å². The van der Waals surface area contributed by atoms with Gasteiger partial charge in [-0.05, 0) is 26.2 Å². The highest BCUT2D eigenvalue weighted by Crippen LogP contribution is 2.36. The molecule has 0 spiro atoms. The molecule has 1 aromatic heterocycles. The van der Waals surface area contributed by atoms with E-state index in [9.17, 15) is 10.1 Å². The SMILES string of the molecule is CCC1CCC(C)N1c1nc(NN)ncc1[N+](=O)[O-]. The topological polar surface area (TPSA) is 110 Å². The van der Waals surface area contributed by atoms with Crippen LogP contribution in [0.2, 0.25) is 0 Å². The molecule has 0 bridgehead atoms. The smallest absolute Gasteiger partial charge is 0.329 e. The van der Waals surface area contributed by atoms with Crippen molar-refractivity contribution in [2.24, 2.45) is 5.84 Å². The van der Waals surface area contributed by atoms with Gasteiger partial charge in [-0.25, -0.2) is 10.8 Å². The van der Waals surface area contributed by atoms with E-state index in [1.54, 1.807) is 0 Å². The minimum atomic E-state index is -0.451. The van der Waals surface area contributed by atoms with E-state index in [-0.39, 0.29) is 23.7 Å². The largest absolute Gasteiger partial charge is 0.345 e. The molecule has 0 aliphatic carbocycles. The van der Waals surface area contributed by atoms with Crippen molar-refractivity contribution >= 4 is 17.5 Å². The van der Waals surface area contributed by atoms with Gasteiger partial charge in [0, 0.05) is 12.1 Å². The molecule has 19 heavy (non-hydrogen) atoms. The minimum Gasteiger partial charge on any atom is -0.345 e. The van der Waals surface area contributed by atoms with Gasteiger partial charge in [-0.3, -0.25) is 15.5 Å². The van der Waals surface area contributed by atoms with Gasteiger partial charge in [0.25, 0.3) is 0 Å². The summed E-state index contributed by atoms with van der Waals surface area (Å²) in [5, 5.41) is 11.1. The highest BCUT2D eigenvalue weighted by molar-refractivity contribution is 5.60. The van der Waals surface area contributed by atoms with Crippen molar-refractivity contribution in [3.8, 4) is 0 Å². The lowest BCUT2D eigenvalue weighted by Gasteiger charge is -2.28. The number of nitrogens with zero attached hydrogens (tertiary/aromatic N) is 4. The summed E-state index contributed by atoms with van der Waals surface area (Å²) < 4.78 is 0. The first-order chi connectivity index (χ1) is 9.08. The summed E-state index contributed by atoms with van der Waals surface area (Å²) in [6.45, 7) is 4.13. The lowest BCUT2D eigenvalue weighted by molar-refractivity contribution is -0.384. The Morgan fingerprint density at radius 3 is 2.95 bits per heavy atom. The maximum atomic E-state index is 11.1. The number of hydrazine groups is 1. The maximum Gasteiger partial charge on any atom is 0.329 e. The summed E-state index contributed by atoms with van der Waals surface area (Å²) in [6, 6.07) is 0.499. The number of hydrogen-bond donors (Lipinski definition) is 2. The molecule has 1 aliphatic heterocycles. The normalized spacial score (nSPS) is 22.6. The first kappa shape index (κ1) is 13.5. The molecule has 0 saturated carbocycles. The first-order valence-electron chi connectivity index (χ1n) is 6.34. The molecule has 1 aromatic rings. The van der Waals surface area contributed by atoms with E-state index < -0.39 is 4.92 Å². The molecule has 1 saturated heterocycles. The molecule has 0 aromatic carbocycles. The van der Waals surface area contributed by atoms with Gasteiger partial charge in [0.2, 0.25) is 11.8 Å². The first-order valence-corrected chi connectivity index (χ1v) is 6.34. The molecule has 0 amide bonds. The summed E-state index contributed by atoms with van der Waals surface area (Å²) in [4.78, 5) is 20.7. The third-order valence-corrected chi connectivity index (χ3v) is 3.58. The lowest BCUT2D eigenvalue weighted by Crippen LogP contribution is -2.35. The molecule has 1 fully saturated rings. The minimum absolute atomic E-state index is 0.0776. The lowest BCUT2D eigenvalue weighted by atomic mass is 10.1. The quantitative estimate of drug-likeness (QED) is 0.482. The van der Waals surface area contributed by atoms with Crippen LogP contribution in [0, 0.1) is 10.1 Å². The van der Waals surface area contributed by atoms with Gasteiger partial charge in [-0.15, -0.1) is 0 Å². The van der Waals surface area contributed by atoms with Crippen molar-refractivity contribution in [3.63, 3.8) is 0 Å². The second-order valence-corrected chi connectivity index (χ2v) is 4.70. The number of nitrogens with one attached hydrogen (secondary N) is 1. The molecule has 104 valence electrons. The third-order valence-electron chi connectivity index (χ3n) is 3.58. The number of nitrogen functional groups attached to an aromatic ring is 1. The molecule has 1 aliphatic rings. The fourth-order valence-corrected chi connectivity index (χ4v) is 2.61. The fourth-order valence-electron chi connectivity index (χ4n) is 2.61. The summed E-state index contributed by atoms with van der Waals surface area (Å²) in [5.74, 6) is 5.82. The van der Waals surface area contributed by atoms with Crippen LogP contribution in [0.25, 0.3) is 0 Å². The Morgan fingerprint density at radius 1 is 1.63 bits per heavy atom. The van der Waals surface area contributed by atoms with Crippen molar-refractivity contribution in [2.45, 2.75) is 45.2 Å². The van der Waals surface area contributed by atoms with E-state index in [0.717, 1.165) is 19.3 Å². The molecule has 3 N–H and O–H groups in total. The number of anilines is 2. The predicted octanol–water partition coefficient (Wildman–Crippen LogP) is 1.44. The predicted molar refractivity (Wildman–Crippen MR) is 71.8 cm³/mol. The summed E-state index contributed by atoms with van der Waals surface area (Å²) in [6.07, 6.45) is 4.15. The molecular formula is C11H18N6O2. The molecule has 2 unspecified atom stereocenters. The van der Waals surface area contributed by atoms with Crippen LogP contribution in [0.4, 0.5) is 17.5 Å². The van der Waals surface area contributed by atoms with Crippen molar-refractivity contribution in [3.05, 3.63) is 16.3 Å². The van der Waals surface area contributed by atoms with Gasteiger partial charge in [0.1, 0.15) is 6.20 Å². The fraction of sp³-hybridized carbons (Fsp3) is 0.636. The Bertz CT molecular complexity index is 480. The van der Waals surface area contributed by atoms with Crippen LogP contribution in [-0.4, -0.2) is 27.0 Å². The number of nitro groups is 1. The summed E-state index contributed by atoms with van der Waals surface area (Å²) in [7, 11) is 0. The second-order valence-electron chi connectivity index (χ2n) is 4.70. The van der Waals surface area contributed by atoms with Gasteiger partial charge < -0.3 is 4.90 Å². The zero-order chi connectivity index (χ0) is 14.0. The van der Waals surface area contributed by atoms with E-state index in [2.05, 4.69) is 29.2 Å². The van der Waals surface area contributed by atoms with Crippen LogP contribution in [0.5, 0.6) is 0 Å². The Labute approximate surface area is 111 Å². The Kier molecular flexibility index (Phi) is 3.79. The molecule has 8 nitrogen and oxygen atoms in total. The number of aromatic nitrogens is 2. The molecule has 2 atom stereocenters. The van der Waals surface area contributed by atoms with Crippen molar-refractivity contribution in [1.29, 1.82) is 0 Å². The number of rotatable bonds is 4. The second kappa shape index (κ2) is 5.35. The van der Waals surface area contributed by atoms with E-state index in [1.807, 2.05) is 4.90 Å². The average molecular weight is 266 g/mol. The molecule has 2 rings (SSSR count). The Hall–Kier alpha value is -1.96. The standard InChI is InChI=1S/C11H18N6O2/c1-3-8-5-4-7(2)16(8)10-9(17(18)19)6-13-11(14-10)15-12/h6-8H,3-5,12H2,1-2H3,(H,13,14,15). The van der Waals surface area contributed by atoms with Crippen LogP contribution in [0.3, 0.4) is 0 Å². The average Bonchev–Trinajstić information content (AvgIpc) is 2.78. The van der Waals surface area contributed by atoms with Crippen molar-refractivity contribution < 1.29 is 4.92 Å². The Morgan fingerprint density at radius 2 is 2.37 bits per heavy atom. The van der Waals surface area contributed by atoms with E-state index >= 15 is 0 Å². The molecule has 2 heterocycles. The van der Waals surface area contributed by atoms with Crippen LogP contribution < -0.4 is 16.2 Å².